The number of rotatable bonds is 6. The number of aryl methyl sites for hydroxylation is 1. The van der Waals surface area contributed by atoms with Crippen molar-refractivity contribution in [3.8, 4) is 0 Å². The van der Waals surface area contributed by atoms with Crippen LogP contribution in [0.1, 0.15) is 30.5 Å². The Bertz CT molecular complexity index is 369. The minimum Gasteiger partial charge on any atom is -0.385 e. The molecule has 0 aliphatic carbocycles. The van der Waals surface area contributed by atoms with Crippen molar-refractivity contribution in [3.63, 3.8) is 0 Å². The van der Waals surface area contributed by atoms with Crippen LogP contribution in [0.5, 0.6) is 0 Å². The van der Waals surface area contributed by atoms with Gasteiger partial charge in [-0.1, -0.05) is 0 Å². The summed E-state index contributed by atoms with van der Waals surface area (Å²) in [6.07, 6.45) is 0.982. The lowest BCUT2D eigenvalue weighted by Crippen LogP contribution is -2.08. The number of benzene rings is 1. The van der Waals surface area contributed by atoms with E-state index in [1.807, 2.05) is 13.0 Å². The van der Waals surface area contributed by atoms with Crippen molar-refractivity contribution < 1.29 is 9.13 Å². The number of ether oxygens (including phenoxy) is 1. The fraction of sp³-hybridized carbons (Fsp3) is 0.538. The zero-order valence-corrected chi connectivity index (χ0v) is 11.4. The molecule has 1 aromatic rings. The van der Waals surface area contributed by atoms with E-state index in [2.05, 4.69) is 0 Å². The van der Waals surface area contributed by atoms with Crippen LogP contribution in [0, 0.1) is 12.7 Å². The minimum atomic E-state index is -0.182. The van der Waals surface area contributed by atoms with Crippen molar-refractivity contribution in [1.82, 2.24) is 0 Å². The van der Waals surface area contributed by atoms with Crippen molar-refractivity contribution in [2.45, 2.75) is 31.2 Å². The third-order valence-electron chi connectivity index (χ3n) is 2.53. The first-order chi connectivity index (χ1) is 8.06. The highest BCUT2D eigenvalue weighted by atomic mass is 32.2. The van der Waals surface area contributed by atoms with E-state index in [1.54, 1.807) is 31.9 Å². The summed E-state index contributed by atoms with van der Waals surface area (Å²) in [6, 6.07) is 3.29. The number of hydrogen-bond donors (Lipinski definition) is 1. The lowest BCUT2D eigenvalue weighted by atomic mass is 10.1. The van der Waals surface area contributed by atoms with Gasteiger partial charge in [0.1, 0.15) is 5.82 Å². The molecule has 1 atom stereocenters. The van der Waals surface area contributed by atoms with Crippen molar-refractivity contribution in [2.75, 3.05) is 19.5 Å². The first-order valence-electron chi connectivity index (χ1n) is 5.73. The van der Waals surface area contributed by atoms with E-state index in [1.165, 1.54) is 0 Å². The zero-order chi connectivity index (χ0) is 12.8. The van der Waals surface area contributed by atoms with Gasteiger partial charge >= 0.3 is 0 Å². The molecule has 0 fully saturated rings. The normalized spacial score (nSPS) is 12.8. The topological polar surface area (TPSA) is 35.2 Å². The molecular formula is C13H20FNOS. The maximum atomic E-state index is 13.5. The Morgan fingerprint density at radius 1 is 1.47 bits per heavy atom. The molecule has 0 amide bonds. The van der Waals surface area contributed by atoms with Gasteiger partial charge in [-0.15, -0.1) is 11.8 Å². The molecule has 1 rings (SSSR count). The second-order valence-electron chi connectivity index (χ2n) is 4.12. The highest BCUT2D eigenvalue weighted by Crippen LogP contribution is 2.29. The fourth-order valence-electron chi connectivity index (χ4n) is 1.54. The van der Waals surface area contributed by atoms with Gasteiger partial charge in [0.25, 0.3) is 0 Å². The first kappa shape index (κ1) is 14.5. The molecule has 96 valence electrons. The Balaban J connectivity index is 2.78. The summed E-state index contributed by atoms with van der Waals surface area (Å²) in [7, 11) is 1.69. The molecule has 0 aliphatic heterocycles. The summed E-state index contributed by atoms with van der Waals surface area (Å²) in [5, 5.41) is 0. The maximum absolute atomic E-state index is 13.5. The molecule has 0 aliphatic rings. The Morgan fingerprint density at radius 2 is 2.18 bits per heavy atom. The molecule has 0 saturated carbocycles. The van der Waals surface area contributed by atoms with Crippen molar-refractivity contribution >= 4 is 11.8 Å². The van der Waals surface area contributed by atoms with Crippen molar-refractivity contribution in [1.29, 1.82) is 0 Å². The van der Waals surface area contributed by atoms with E-state index >= 15 is 0 Å². The predicted molar refractivity (Wildman–Crippen MR) is 71.0 cm³/mol. The minimum absolute atomic E-state index is 0.143. The summed E-state index contributed by atoms with van der Waals surface area (Å²) in [5.41, 5.74) is 7.41. The SMILES string of the molecule is COCCCSc1cc(C)c(F)cc1[C@@H](C)N. The summed E-state index contributed by atoms with van der Waals surface area (Å²) in [4.78, 5) is 1.08. The standard InChI is InChI=1S/C13H20FNOS/c1-9-7-13(17-6-4-5-16-3)11(10(2)15)8-12(9)14/h7-8,10H,4-6,15H2,1-3H3/t10-/m1/s1. The molecule has 17 heavy (non-hydrogen) atoms. The van der Waals surface area contributed by atoms with E-state index < -0.39 is 0 Å². The molecule has 1 aromatic carbocycles. The molecule has 4 heteroatoms. The quantitative estimate of drug-likeness (QED) is 0.627. The second kappa shape index (κ2) is 6.99. The Morgan fingerprint density at radius 3 is 2.76 bits per heavy atom. The molecule has 0 aromatic heterocycles. The van der Waals surface area contributed by atoms with Gasteiger partial charge in [0.2, 0.25) is 0 Å². The molecular weight excluding hydrogens is 237 g/mol. The van der Waals surface area contributed by atoms with Gasteiger partial charge in [-0.25, -0.2) is 4.39 Å². The van der Waals surface area contributed by atoms with E-state index in [0.29, 0.717) is 5.56 Å². The average molecular weight is 257 g/mol. The smallest absolute Gasteiger partial charge is 0.126 e. The maximum Gasteiger partial charge on any atom is 0.126 e. The zero-order valence-electron chi connectivity index (χ0n) is 10.6. The van der Waals surface area contributed by atoms with Gasteiger partial charge in [-0.05, 0) is 43.5 Å². The van der Waals surface area contributed by atoms with Gasteiger partial charge in [0.05, 0.1) is 0 Å². The summed E-state index contributed by atoms with van der Waals surface area (Å²) < 4.78 is 18.5. The monoisotopic (exact) mass is 257 g/mol. The van der Waals surface area contributed by atoms with Crippen LogP contribution in [-0.2, 0) is 4.74 Å². The van der Waals surface area contributed by atoms with Crippen LogP contribution in [0.25, 0.3) is 0 Å². The molecule has 0 bridgehead atoms. The van der Waals surface area contributed by atoms with Gasteiger partial charge in [0.15, 0.2) is 0 Å². The number of halogens is 1. The van der Waals surface area contributed by atoms with Crippen LogP contribution in [0.15, 0.2) is 17.0 Å². The van der Waals surface area contributed by atoms with Crippen molar-refractivity contribution in [3.05, 3.63) is 29.1 Å². The summed E-state index contributed by atoms with van der Waals surface area (Å²) in [5.74, 6) is 0.775. The highest BCUT2D eigenvalue weighted by molar-refractivity contribution is 7.99. The molecule has 0 unspecified atom stereocenters. The lowest BCUT2D eigenvalue weighted by molar-refractivity contribution is 0.200. The van der Waals surface area contributed by atoms with Crippen LogP contribution in [0.3, 0.4) is 0 Å². The fourth-order valence-corrected chi connectivity index (χ4v) is 2.69. The summed E-state index contributed by atoms with van der Waals surface area (Å²) >= 11 is 1.71. The Kier molecular flexibility index (Phi) is 5.95. The van der Waals surface area contributed by atoms with E-state index in [0.717, 1.165) is 29.2 Å². The van der Waals surface area contributed by atoms with Crippen LogP contribution in [0.4, 0.5) is 4.39 Å². The van der Waals surface area contributed by atoms with E-state index in [-0.39, 0.29) is 11.9 Å². The lowest BCUT2D eigenvalue weighted by Gasteiger charge is -2.14. The van der Waals surface area contributed by atoms with Crippen LogP contribution in [0.2, 0.25) is 0 Å². The predicted octanol–water partition coefficient (Wildman–Crippen LogP) is 3.28. The van der Waals surface area contributed by atoms with Crippen molar-refractivity contribution in [2.24, 2.45) is 5.73 Å². The molecule has 0 saturated heterocycles. The second-order valence-corrected chi connectivity index (χ2v) is 5.26. The Labute approximate surface area is 107 Å². The van der Waals surface area contributed by atoms with Gasteiger partial charge in [-0.3, -0.25) is 0 Å². The molecule has 0 spiro atoms. The number of thioether (sulfide) groups is 1. The third-order valence-corrected chi connectivity index (χ3v) is 3.69. The third kappa shape index (κ3) is 4.30. The molecule has 2 nitrogen and oxygen atoms in total. The van der Waals surface area contributed by atoms with E-state index in [9.17, 15) is 4.39 Å². The van der Waals surface area contributed by atoms with E-state index in [4.69, 9.17) is 10.5 Å². The number of nitrogens with two attached hydrogens (primary N) is 1. The number of methoxy groups -OCH3 is 1. The largest absolute Gasteiger partial charge is 0.385 e. The Hall–Kier alpha value is -0.580. The molecule has 2 N–H and O–H groups in total. The average Bonchev–Trinajstić information content (AvgIpc) is 2.28. The van der Waals surface area contributed by atoms with Gasteiger partial charge < -0.3 is 10.5 Å². The molecule has 0 heterocycles. The van der Waals surface area contributed by atoms with Gasteiger partial charge in [-0.2, -0.15) is 0 Å². The van der Waals surface area contributed by atoms with Crippen LogP contribution >= 0.6 is 11.8 Å². The van der Waals surface area contributed by atoms with Crippen LogP contribution in [-0.4, -0.2) is 19.5 Å². The molecule has 0 radical (unpaired) electrons. The highest BCUT2D eigenvalue weighted by Gasteiger charge is 2.11. The van der Waals surface area contributed by atoms with Gasteiger partial charge in [0, 0.05) is 30.4 Å². The first-order valence-corrected chi connectivity index (χ1v) is 6.72. The summed E-state index contributed by atoms with van der Waals surface area (Å²) in [6.45, 7) is 4.41. The van der Waals surface area contributed by atoms with Crippen LogP contribution < -0.4 is 5.73 Å². The number of hydrogen-bond acceptors (Lipinski definition) is 3.